The summed E-state index contributed by atoms with van der Waals surface area (Å²) < 4.78 is 64.8. The predicted molar refractivity (Wildman–Crippen MR) is 156 cm³/mol. The number of morpholine rings is 1. The summed E-state index contributed by atoms with van der Waals surface area (Å²) in [7, 11) is 1.49. The third-order valence-corrected chi connectivity index (χ3v) is 10.9. The van der Waals surface area contributed by atoms with Gasteiger partial charge in [0.25, 0.3) is 5.91 Å². The first-order valence-corrected chi connectivity index (χ1v) is 15.7. The van der Waals surface area contributed by atoms with Crippen LogP contribution in [0.25, 0.3) is 0 Å². The summed E-state index contributed by atoms with van der Waals surface area (Å²) in [5.74, 6) is -1.72. The molecule has 242 valence electrons. The van der Waals surface area contributed by atoms with E-state index in [1.165, 1.54) is 7.11 Å². The highest BCUT2D eigenvalue weighted by Crippen LogP contribution is 2.57. The van der Waals surface area contributed by atoms with Crippen LogP contribution in [0.3, 0.4) is 0 Å². The number of benzene rings is 1. The van der Waals surface area contributed by atoms with Gasteiger partial charge in [-0.25, -0.2) is 9.37 Å². The number of alkyl halides is 3. The van der Waals surface area contributed by atoms with E-state index in [-0.39, 0.29) is 28.6 Å². The third kappa shape index (κ3) is 5.31. The van der Waals surface area contributed by atoms with Crippen molar-refractivity contribution in [3.8, 4) is 5.75 Å². The molecule has 0 radical (unpaired) electrons. The zero-order valence-corrected chi connectivity index (χ0v) is 25.0. The fourth-order valence-electron chi connectivity index (χ4n) is 8.64. The van der Waals surface area contributed by atoms with E-state index in [1.807, 2.05) is 0 Å². The molecule has 2 heterocycles. The smallest absolute Gasteiger partial charge is 0.419 e. The molecule has 7 rings (SSSR count). The van der Waals surface area contributed by atoms with Gasteiger partial charge in [0.2, 0.25) is 5.91 Å². The minimum absolute atomic E-state index is 0.0297. The number of methoxy groups -OCH3 is 1. The predicted octanol–water partition coefficient (Wildman–Crippen LogP) is 4.70. The monoisotopic (exact) mass is 631 g/mol. The average molecular weight is 632 g/mol. The molecule has 45 heavy (non-hydrogen) atoms. The van der Waals surface area contributed by atoms with Gasteiger partial charge in [0, 0.05) is 42.6 Å². The van der Waals surface area contributed by atoms with Crippen molar-refractivity contribution < 1.29 is 36.6 Å². The van der Waals surface area contributed by atoms with Crippen LogP contribution in [0.1, 0.15) is 54.4 Å². The van der Waals surface area contributed by atoms with Gasteiger partial charge in [-0.3, -0.25) is 14.5 Å². The van der Waals surface area contributed by atoms with E-state index in [1.54, 1.807) is 12.3 Å². The molecule has 5 fully saturated rings. The molecule has 4 aliphatic carbocycles. The van der Waals surface area contributed by atoms with Gasteiger partial charge in [0.15, 0.2) is 0 Å². The first-order chi connectivity index (χ1) is 21.6. The van der Waals surface area contributed by atoms with E-state index < -0.39 is 41.3 Å². The van der Waals surface area contributed by atoms with Crippen molar-refractivity contribution in [3.05, 3.63) is 47.4 Å². The molecule has 2 aromatic rings. The number of nitrogens with zero attached hydrogens (tertiary/aromatic N) is 2. The van der Waals surface area contributed by atoms with Crippen LogP contribution >= 0.6 is 0 Å². The van der Waals surface area contributed by atoms with E-state index >= 15 is 0 Å². The molecule has 1 saturated heterocycles. The zero-order chi connectivity index (χ0) is 31.5. The fraction of sp³-hybridized carbons (Fsp3) is 0.594. The molecule has 1 aliphatic heterocycles. The first-order valence-electron chi connectivity index (χ1n) is 15.7. The standard InChI is InChI=1S/C32H37F4N5O4/c1-44-24-7-9-37-28(40-31-8-6-20(31)23(16-31)41-10-12-45-13-11-41)26(24)30(43)39-27-18-3-2-17(14-18)25(27)29(42)38-19-4-5-22(33)21(15-19)32(34,35)36/h4-5,7,9,15,17-18,20,23,25,27H,2-3,6,8,10-14,16H2,1H3,(H,37,40)(H,38,42)(H,39,43)/t17-,18+,20?,23?,25+,27-,31?/m1/s1. The molecule has 5 aliphatic rings. The second-order valence-corrected chi connectivity index (χ2v) is 13.1. The number of carbonyl (C=O) groups excluding carboxylic acids is 2. The Morgan fingerprint density at radius 3 is 2.58 bits per heavy atom. The van der Waals surface area contributed by atoms with Crippen LogP contribution < -0.4 is 20.7 Å². The van der Waals surface area contributed by atoms with Gasteiger partial charge >= 0.3 is 6.18 Å². The van der Waals surface area contributed by atoms with Gasteiger partial charge in [-0.2, -0.15) is 13.2 Å². The molecular weight excluding hydrogens is 594 g/mol. The van der Waals surface area contributed by atoms with Gasteiger partial charge in [0.05, 0.1) is 31.8 Å². The Morgan fingerprint density at radius 2 is 1.89 bits per heavy atom. The second kappa shape index (κ2) is 11.4. The number of halogens is 4. The highest BCUT2D eigenvalue weighted by atomic mass is 19.4. The van der Waals surface area contributed by atoms with E-state index in [0.29, 0.717) is 35.7 Å². The van der Waals surface area contributed by atoms with Crippen molar-refractivity contribution in [1.29, 1.82) is 0 Å². The summed E-state index contributed by atoms with van der Waals surface area (Å²) in [5.41, 5.74) is -1.47. The van der Waals surface area contributed by atoms with Crippen LogP contribution in [-0.2, 0) is 15.7 Å². The van der Waals surface area contributed by atoms with Crippen molar-refractivity contribution >= 4 is 23.3 Å². The Balaban J connectivity index is 1.09. The van der Waals surface area contributed by atoms with E-state index in [2.05, 4.69) is 25.8 Å². The highest BCUT2D eigenvalue weighted by molar-refractivity contribution is 6.02. The summed E-state index contributed by atoms with van der Waals surface area (Å²) in [4.78, 5) is 34.6. The van der Waals surface area contributed by atoms with Crippen LogP contribution in [0.2, 0.25) is 0 Å². The fourth-order valence-corrected chi connectivity index (χ4v) is 8.64. The summed E-state index contributed by atoms with van der Waals surface area (Å²) >= 11 is 0. The van der Waals surface area contributed by atoms with Gasteiger partial charge < -0.3 is 25.4 Å². The largest absolute Gasteiger partial charge is 0.496 e. The van der Waals surface area contributed by atoms with Crippen LogP contribution in [0, 0.1) is 29.5 Å². The lowest BCUT2D eigenvalue weighted by Crippen LogP contribution is -2.73. The van der Waals surface area contributed by atoms with Crippen LogP contribution in [0.5, 0.6) is 5.75 Å². The Morgan fingerprint density at radius 1 is 1.11 bits per heavy atom. The second-order valence-electron chi connectivity index (χ2n) is 13.1. The Kier molecular flexibility index (Phi) is 7.66. The molecule has 13 heteroatoms. The molecular formula is C32H37F4N5O4. The normalized spacial score (nSPS) is 32.2. The summed E-state index contributed by atoms with van der Waals surface area (Å²) in [6, 6.07) is 3.98. The molecule has 2 bridgehead atoms. The lowest BCUT2D eigenvalue weighted by atomic mass is 9.50. The lowest BCUT2D eigenvalue weighted by Gasteiger charge is -2.66. The van der Waals surface area contributed by atoms with Crippen molar-refractivity contribution in [3.63, 3.8) is 0 Å². The Hall–Kier alpha value is -3.45. The molecule has 4 saturated carbocycles. The van der Waals surface area contributed by atoms with Crippen molar-refractivity contribution in [2.45, 2.75) is 62.3 Å². The molecule has 2 amide bonds. The van der Waals surface area contributed by atoms with Crippen LogP contribution in [0.4, 0.5) is 29.1 Å². The molecule has 0 spiro atoms. The lowest BCUT2D eigenvalue weighted by molar-refractivity contribution is -0.140. The number of ether oxygens (including phenoxy) is 2. The first kappa shape index (κ1) is 30.2. The average Bonchev–Trinajstić information content (AvgIpc) is 3.62. The van der Waals surface area contributed by atoms with E-state index in [4.69, 9.17) is 9.47 Å². The topological polar surface area (TPSA) is 105 Å². The van der Waals surface area contributed by atoms with Gasteiger partial charge in [-0.1, -0.05) is 0 Å². The van der Waals surface area contributed by atoms with E-state index in [0.717, 1.165) is 70.9 Å². The Labute approximate surface area is 258 Å². The molecule has 1 aromatic heterocycles. The molecule has 3 unspecified atom stereocenters. The number of carbonyl (C=O) groups is 2. The number of pyridine rings is 1. The van der Waals surface area contributed by atoms with Crippen molar-refractivity contribution in [2.75, 3.05) is 44.0 Å². The maximum absolute atomic E-state index is 14.0. The summed E-state index contributed by atoms with van der Waals surface area (Å²) in [5, 5.41) is 9.27. The number of hydrogen-bond acceptors (Lipinski definition) is 7. The molecule has 1 aromatic carbocycles. The molecule has 3 N–H and O–H groups in total. The number of hydrogen-bond donors (Lipinski definition) is 3. The van der Waals surface area contributed by atoms with Gasteiger partial charge in [-0.05, 0) is 80.5 Å². The van der Waals surface area contributed by atoms with Crippen LogP contribution in [0.15, 0.2) is 30.5 Å². The number of rotatable bonds is 8. The minimum Gasteiger partial charge on any atom is -0.496 e. The third-order valence-electron chi connectivity index (χ3n) is 10.9. The Bertz CT molecular complexity index is 1480. The van der Waals surface area contributed by atoms with Crippen molar-refractivity contribution in [1.82, 2.24) is 15.2 Å². The van der Waals surface area contributed by atoms with E-state index in [9.17, 15) is 27.2 Å². The quantitative estimate of drug-likeness (QED) is 0.363. The maximum Gasteiger partial charge on any atom is 0.419 e. The van der Waals surface area contributed by atoms with Crippen molar-refractivity contribution in [2.24, 2.45) is 23.7 Å². The zero-order valence-electron chi connectivity index (χ0n) is 25.0. The minimum atomic E-state index is -4.90. The summed E-state index contributed by atoms with van der Waals surface area (Å²) in [6.07, 6.45) is 2.07. The number of amides is 2. The van der Waals surface area contributed by atoms with Gasteiger partial charge in [0.1, 0.15) is 22.9 Å². The highest BCUT2D eigenvalue weighted by Gasteiger charge is 2.62. The number of aromatic nitrogens is 1. The van der Waals surface area contributed by atoms with Crippen LogP contribution in [-0.4, -0.2) is 72.7 Å². The molecule has 7 atom stereocenters. The summed E-state index contributed by atoms with van der Waals surface area (Å²) in [6.45, 7) is 3.33. The van der Waals surface area contributed by atoms with Gasteiger partial charge in [-0.15, -0.1) is 0 Å². The number of anilines is 2. The molecule has 9 nitrogen and oxygen atoms in total. The number of nitrogens with one attached hydrogen (secondary N) is 3. The maximum atomic E-state index is 14.0. The number of fused-ring (bicyclic) bond motifs is 3. The SMILES string of the molecule is COc1ccnc(NC23CCC2C(N2CCOCC2)C3)c1C(=O)N[C@@H]1[C@H]2CC[C@H](C2)[C@@H]1C(=O)Nc1ccc(F)c(C(F)(F)F)c1.